The van der Waals surface area contributed by atoms with Gasteiger partial charge in [-0.25, -0.2) is 9.59 Å². The number of hydrogen-bond donors (Lipinski definition) is 2. The van der Waals surface area contributed by atoms with E-state index in [9.17, 15) is 14.4 Å². The molecule has 0 bridgehead atoms. The predicted molar refractivity (Wildman–Crippen MR) is 70.4 cm³/mol. The average molecular weight is 283 g/mol. The van der Waals surface area contributed by atoms with Gasteiger partial charge in [0.1, 0.15) is 5.00 Å². The maximum absolute atomic E-state index is 11.5. The number of esters is 1. The van der Waals surface area contributed by atoms with Crippen molar-refractivity contribution in [1.82, 2.24) is 0 Å². The fourth-order valence-corrected chi connectivity index (χ4v) is 2.26. The molecule has 0 saturated heterocycles. The Hall–Kier alpha value is -2.15. The monoisotopic (exact) mass is 283 g/mol. The first kappa shape index (κ1) is 14.9. The lowest BCUT2D eigenvalue weighted by molar-refractivity contribution is -0.131. The number of carbonyl (C=O) groups is 3. The zero-order valence-electron chi connectivity index (χ0n) is 10.4. The Bertz CT molecular complexity index is 532. The van der Waals surface area contributed by atoms with Crippen LogP contribution in [0.1, 0.15) is 22.2 Å². The van der Waals surface area contributed by atoms with Crippen molar-refractivity contribution >= 4 is 34.2 Å². The van der Waals surface area contributed by atoms with E-state index >= 15 is 0 Å². The van der Waals surface area contributed by atoms with Gasteiger partial charge in [0, 0.05) is 17.0 Å². The van der Waals surface area contributed by atoms with Gasteiger partial charge in [0.2, 0.25) is 5.91 Å². The van der Waals surface area contributed by atoms with Gasteiger partial charge in [0.15, 0.2) is 0 Å². The van der Waals surface area contributed by atoms with Crippen LogP contribution in [0, 0.1) is 0 Å². The summed E-state index contributed by atoms with van der Waals surface area (Å²) in [7, 11) is 1.25. The van der Waals surface area contributed by atoms with E-state index < -0.39 is 17.8 Å². The van der Waals surface area contributed by atoms with Crippen molar-refractivity contribution in [3.05, 3.63) is 28.7 Å². The number of nitrogens with one attached hydrogen (secondary N) is 1. The Morgan fingerprint density at radius 2 is 2.11 bits per heavy atom. The molecule has 1 rings (SSSR count). The zero-order chi connectivity index (χ0) is 14.4. The van der Waals surface area contributed by atoms with Crippen LogP contribution < -0.4 is 5.32 Å². The summed E-state index contributed by atoms with van der Waals surface area (Å²) in [5, 5.41) is 11.2. The number of carbonyl (C=O) groups excluding carboxylic acids is 2. The van der Waals surface area contributed by atoms with E-state index in [1.165, 1.54) is 18.4 Å². The van der Waals surface area contributed by atoms with E-state index in [0.717, 1.165) is 23.5 Å². The van der Waals surface area contributed by atoms with Crippen molar-refractivity contribution in [1.29, 1.82) is 0 Å². The highest BCUT2D eigenvalue weighted by Crippen LogP contribution is 2.29. The molecule has 0 spiro atoms. The smallest absolute Gasteiger partial charge is 0.340 e. The number of hydrogen-bond acceptors (Lipinski definition) is 5. The van der Waals surface area contributed by atoms with E-state index in [2.05, 4.69) is 10.1 Å². The average Bonchev–Trinajstić information content (AvgIpc) is 2.78. The molecule has 1 aromatic rings. The van der Waals surface area contributed by atoms with Crippen molar-refractivity contribution in [3.63, 3.8) is 0 Å². The van der Waals surface area contributed by atoms with Gasteiger partial charge in [-0.05, 0) is 12.5 Å². The van der Waals surface area contributed by atoms with Crippen LogP contribution in [-0.2, 0) is 20.7 Å². The van der Waals surface area contributed by atoms with Gasteiger partial charge in [-0.2, -0.15) is 0 Å². The largest absolute Gasteiger partial charge is 0.478 e. The number of rotatable bonds is 5. The number of aliphatic carboxylic acids is 1. The first-order chi connectivity index (χ1) is 8.97. The fraction of sp³-hybridized carbons (Fsp3) is 0.250. The number of carboxylic acid groups (broad SMARTS) is 1. The molecular weight excluding hydrogens is 270 g/mol. The lowest BCUT2D eigenvalue weighted by atomic mass is 10.2. The van der Waals surface area contributed by atoms with E-state index in [4.69, 9.17) is 5.11 Å². The highest BCUT2D eigenvalue weighted by molar-refractivity contribution is 7.16. The number of ether oxygens (including phenoxy) is 1. The van der Waals surface area contributed by atoms with Crippen molar-refractivity contribution in [2.45, 2.75) is 13.3 Å². The minimum atomic E-state index is -1.22. The molecule has 1 aromatic heterocycles. The molecule has 0 aromatic carbocycles. The molecule has 19 heavy (non-hydrogen) atoms. The van der Waals surface area contributed by atoms with Crippen molar-refractivity contribution in [3.8, 4) is 0 Å². The van der Waals surface area contributed by atoms with Gasteiger partial charge in [-0.3, -0.25) is 4.79 Å². The van der Waals surface area contributed by atoms with Gasteiger partial charge in [0.25, 0.3) is 0 Å². The number of amides is 1. The normalized spacial score (nSPS) is 10.4. The molecule has 7 heteroatoms. The maximum Gasteiger partial charge on any atom is 0.340 e. The molecular formula is C12H13NO5S. The van der Waals surface area contributed by atoms with Gasteiger partial charge in [0.05, 0.1) is 12.7 Å². The first-order valence-corrected chi connectivity index (χ1v) is 6.22. The molecule has 1 amide bonds. The van der Waals surface area contributed by atoms with Gasteiger partial charge in [-0.1, -0.05) is 6.92 Å². The highest BCUT2D eigenvalue weighted by Gasteiger charge is 2.17. The molecule has 0 saturated carbocycles. The van der Waals surface area contributed by atoms with E-state index in [1.807, 2.05) is 6.92 Å². The van der Waals surface area contributed by atoms with E-state index in [-0.39, 0.29) is 5.56 Å². The quantitative estimate of drug-likeness (QED) is 0.633. The van der Waals surface area contributed by atoms with Crippen LogP contribution >= 0.6 is 11.3 Å². The SMILES string of the molecule is CCc1cc(C(=O)OC)c(NC(=O)/C=C/C(=O)O)s1. The minimum absolute atomic E-state index is 0.265. The molecule has 0 radical (unpaired) electrons. The van der Waals surface area contributed by atoms with Crippen LogP contribution in [0.25, 0.3) is 0 Å². The summed E-state index contributed by atoms with van der Waals surface area (Å²) < 4.78 is 4.62. The summed E-state index contributed by atoms with van der Waals surface area (Å²) >= 11 is 1.25. The third-order valence-electron chi connectivity index (χ3n) is 2.15. The number of anilines is 1. The molecule has 0 aliphatic rings. The summed E-state index contributed by atoms with van der Waals surface area (Å²) in [6.45, 7) is 1.92. The molecule has 102 valence electrons. The number of thiophene rings is 1. The standard InChI is InChI=1S/C12H13NO5S/c1-3-7-6-8(12(17)18-2)11(19-7)13-9(14)4-5-10(15)16/h4-6H,3H2,1-2H3,(H,13,14)(H,15,16)/b5-4+. The summed E-state index contributed by atoms with van der Waals surface area (Å²) in [6.07, 6.45) is 2.33. The van der Waals surface area contributed by atoms with Crippen LogP contribution in [-0.4, -0.2) is 30.1 Å². The summed E-state index contributed by atoms with van der Waals surface area (Å²) in [5.74, 6) is -2.38. The maximum atomic E-state index is 11.5. The Balaban J connectivity index is 2.93. The fourth-order valence-electron chi connectivity index (χ4n) is 1.27. The molecule has 0 aliphatic carbocycles. The lowest BCUT2D eigenvalue weighted by Gasteiger charge is -2.01. The summed E-state index contributed by atoms with van der Waals surface area (Å²) in [4.78, 5) is 34.2. The Labute approximate surface area is 113 Å². The number of methoxy groups -OCH3 is 1. The van der Waals surface area contributed by atoms with Crippen LogP contribution in [0.15, 0.2) is 18.2 Å². The van der Waals surface area contributed by atoms with Crippen molar-refractivity contribution in [2.24, 2.45) is 0 Å². The third-order valence-corrected chi connectivity index (χ3v) is 3.35. The van der Waals surface area contributed by atoms with Gasteiger partial charge in [-0.15, -0.1) is 11.3 Å². The van der Waals surface area contributed by atoms with Crippen molar-refractivity contribution < 1.29 is 24.2 Å². The minimum Gasteiger partial charge on any atom is -0.478 e. The molecule has 6 nitrogen and oxygen atoms in total. The predicted octanol–water partition coefficient (Wildman–Crippen LogP) is 1.68. The highest BCUT2D eigenvalue weighted by atomic mass is 32.1. The second kappa shape index (κ2) is 6.69. The third kappa shape index (κ3) is 4.22. The van der Waals surface area contributed by atoms with E-state index in [1.54, 1.807) is 6.07 Å². The molecule has 0 atom stereocenters. The van der Waals surface area contributed by atoms with E-state index in [0.29, 0.717) is 5.00 Å². The second-order valence-corrected chi connectivity index (χ2v) is 4.60. The Morgan fingerprint density at radius 1 is 1.42 bits per heavy atom. The first-order valence-electron chi connectivity index (χ1n) is 5.41. The molecule has 2 N–H and O–H groups in total. The Morgan fingerprint density at radius 3 is 2.63 bits per heavy atom. The topological polar surface area (TPSA) is 92.7 Å². The van der Waals surface area contributed by atoms with Gasteiger partial charge >= 0.3 is 11.9 Å². The molecule has 0 unspecified atom stereocenters. The van der Waals surface area contributed by atoms with Crippen LogP contribution in [0.3, 0.4) is 0 Å². The van der Waals surface area contributed by atoms with Crippen LogP contribution in [0.4, 0.5) is 5.00 Å². The summed E-state index contributed by atoms with van der Waals surface area (Å²) in [5.41, 5.74) is 0.265. The van der Waals surface area contributed by atoms with Crippen LogP contribution in [0.2, 0.25) is 0 Å². The van der Waals surface area contributed by atoms with Crippen molar-refractivity contribution in [2.75, 3.05) is 12.4 Å². The molecule has 0 fully saturated rings. The number of aryl methyl sites for hydroxylation is 1. The lowest BCUT2D eigenvalue weighted by Crippen LogP contribution is -2.11. The van der Waals surface area contributed by atoms with Gasteiger partial charge < -0.3 is 15.2 Å². The Kier molecular flexibility index (Phi) is 5.25. The summed E-state index contributed by atoms with van der Waals surface area (Å²) in [6, 6.07) is 1.65. The zero-order valence-corrected chi connectivity index (χ0v) is 11.2. The molecule has 1 heterocycles. The molecule has 0 aliphatic heterocycles. The van der Waals surface area contributed by atoms with Crippen LogP contribution in [0.5, 0.6) is 0 Å². The second-order valence-electron chi connectivity index (χ2n) is 3.46. The number of carboxylic acids is 1.